The molecule has 2 aromatic rings. The zero-order valence-corrected chi connectivity index (χ0v) is 21.5. The molecule has 0 saturated carbocycles. The average molecular weight is 518 g/mol. The number of aliphatic hydroxyl groups excluding tert-OH is 1. The minimum Gasteiger partial charge on any atom is -0.490 e. The number of hydrogen-bond donors (Lipinski definition) is 2. The van der Waals surface area contributed by atoms with E-state index in [1.807, 2.05) is 18.2 Å². The third kappa shape index (κ3) is 8.13. The summed E-state index contributed by atoms with van der Waals surface area (Å²) in [5.74, 6) is 1.12. The van der Waals surface area contributed by atoms with Crippen molar-refractivity contribution in [2.75, 3.05) is 19.8 Å². The highest BCUT2D eigenvalue weighted by Crippen LogP contribution is 2.32. The van der Waals surface area contributed by atoms with Gasteiger partial charge in [0.15, 0.2) is 0 Å². The van der Waals surface area contributed by atoms with Crippen LogP contribution < -0.4 is 10.1 Å². The van der Waals surface area contributed by atoms with E-state index < -0.39 is 6.10 Å². The molecule has 2 aromatic carbocycles. The second kappa shape index (κ2) is 12.0. The molecule has 0 bridgehead atoms. The lowest BCUT2D eigenvalue weighted by molar-refractivity contribution is -0.143. The van der Waals surface area contributed by atoms with Gasteiger partial charge in [-0.1, -0.05) is 30.3 Å². The van der Waals surface area contributed by atoms with Crippen LogP contribution in [-0.2, 0) is 28.8 Å². The van der Waals surface area contributed by atoms with Crippen LogP contribution >= 0.6 is 15.9 Å². The molecule has 0 saturated heterocycles. The molecule has 0 heterocycles. The fraction of sp³-hybridized carbons (Fsp3) is 0.519. The zero-order chi connectivity index (χ0) is 23.8. The summed E-state index contributed by atoms with van der Waals surface area (Å²) in [5, 5.41) is 14.0. The first-order valence-corrected chi connectivity index (χ1v) is 12.6. The lowest BCUT2D eigenvalue weighted by Gasteiger charge is -2.30. The molecule has 33 heavy (non-hydrogen) atoms. The fourth-order valence-electron chi connectivity index (χ4n) is 4.52. The van der Waals surface area contributed by atoms with E-state index in [1.165, 1.54) is 11.1 Å². The highest BCUT2D eigenvalue weighted by atomic mass is 79.9. The van der Waals surface area contributed by atoms with Gasteiger partial charge in [0.2, 0.25) is 0 Å². The van der Waals surface area contributed by atoms with E-state index >= 15 is 0 Å². The summed E-state index contributed by atoms with van der Waals surface area (Å²) >= 11 is 3.53. The number of esters is 1. The Balaban J connectivity index is 1.40. The SMILES string of the molecule is CCOC(=O)CCc1ccc(OC[C@H](O)CNC(C)(C)CC2Cc3ccccc3C2)c(Br)c1. The van der Waals surface area contributed by atoms with Crippen LogP contribution in [0.2, 0.25) is 0 Å². The van der Waals surface area contributed by atoms with Gasteiger partial charge < -0.3 is 19.9 Å². The van der Waals surface area contributed by atoms with Crippen molar-refractivity contribution in [1.82, 2.24) is 5.32 Å². The van der Waals surface area contributed by atoms with Crippen molar-refractivity contribution in [3.63, 3.8) is 0 Å². The predicted molar refractivity (Wildman–Crippen MR) is 135 cm³/mol. The van der Waals surface area contributed by atoms with Crippen molar-refractivity contribution >= 4 is 21.9 Å². The van der Waals surface area contributed by atoms with Gasteiger partial charge in [0, 0.05) is 18.5 Å². The van der Waals surface area contributed by atoms with Crippen molar-refractivity contribution in [3.05, 3.63) is 63.6 Å². The Bertz CT molecular complexity index is 905. The number of ether oxygens (including phenoxy) is 2. The molecule has 1 aliphatic carbocycles. The lowest BCUT2D eigenvalue weighted by Crippen LogP contribution is -2.46. The van der Waals surface area contributed by atoms with Crippen molar-refractivity contribution in [3.8, 4) is 5.75 Å². The zero-order valence-electron chi connectivity index (χ0n) is 19.9. The molecule has 0 spiro atoms. The monoisotopic (exact) mass is 517 g/mol. The number of carbonyl (C=O) groups excluding carboxylic acids is 1. The first-order valence-electron chi connectivity index (χ1n) is 11.8. The van der Waals surface area contributed by atoms with E-state index in [2.05, 4.69) is 59.4 Å². The molecule has 6 heteroatoms. The maximum atomic E-state index is 11.5. The molecule has 0 unspecified atom stereocenters. The van der Waals surface area contributed by atoms with Crippen molar-refractivity contribution < 1.29 is 19.4 Å². The molecule has 2 N–H and O–H groups in total. The molecule has 1 atom stereocenters. The number of carbonyl (C=O) groups is 1. The summed E-state index contributed by atoms with van der Waals surface area (Å²) in [6, 6.07) is 14.5. The Morgan fingerprint density at radius 1 is 1.21 bits per heavy atom. The van der Waals surface area contributed by atoms with Crippen LogP contribution in [0.15, 0.2) is 46.9 Å². The standard InChI is InChI=1S/C27H36BrNO4/c1-4-32-26(31)12-10-19-9-11-25(24(28)15-19)33-18-23(30)17-29-27(2,3)16-20-13-21-7-5-6-8-22(21)14-20/h5-9,11,15,20,23,29-30H,4,10,12-14,16-18H2,1-3H3/t23-/m1/s1. The number of fused-ring (bicyclic) bond motifs is 1. The smallest absolute Gasteiger partial charge is 0.306 e. The fourth-order valence-corrected chi connectivity index (χ4v) is 5.06. The van der Waals surface area contributed by atoms with Gasteiger partial charge in [-0.05, 0) is 97.1 Å². The maximum Gasteiger partial charge on any atom is 0.306 e. The number of aryl methyl sites for hydroxylation is 1. The van der Waals surface area contributed by atoms with Crippen LogP contribution in [0.4, 0.5) is 0 Å². The Kier molecular flexibility index (Phi) is 9.36. The second-order valence-corrected chi connectivity index (χ2v) is 10.4. The Morgan fingerprint density at radius 2 is 1.91 bits per heavy atom. The van der Waals surface area contributed by atoms with E-state index in [4.69, 9.17) is 9.47 Å². The quantitative estimate of drug-likeness (QED) is 0.393. The summed E-state index contributed by atoms with van der Waals surface area (Å²) in [6.07, 6.45) is 3.70. The summed E-state index contributed by atoms with van der Waals surface area (Å²) in [4.78, 5) is 11.5. The van der Waals surface area contributed by atoms with Gasteiger partial charge in [-0.15, -0.1) is 0 Å². The molecule has 180 valence electrons. The third-order valence-electron chi connectivity index (χ3n) is 6.10. The molecule has 0 aliphatic heterocycles. The molecule has 3 rings (SSSR count). The number of rotatable bonds is 12. The molecule has 5 nitrogen and oxygen atoms in total. The summed E-state index contributed by atoms with van der Waals surface area (Å²) < 4.78 is 11.6. The summed E-state index contributed by atoms with van der Waals surface area (Å²) in [5.41, 5.74) is 3.92. The summed E-state index contributed by atoms with van der Waals surface area (Å²) in [6.45, 7) is 7.30. The third-order valence-corrected chi connectivity index (χ3v) is 6.72. The molecule has 0 radical (unpaired) electrons. The molecule has 1 aliphatic rings. The van der Waals surface area contributed by atoms with Crippen LogP contribution in [0, 0.1) is 5.92 Å². The number of β-amino-alcohol motifs (C(OH)–C–C–N with tert-alkyl or cyclic N) is 1. The van der Waals surface area contributed by atoms with Crippen LogP contribution in [0.25, 0.3) is 0 Å². The minimum atomic E-state index is -0.611. The molecule has 0 fully saturated rings. The summed E-state index contributed by atoms with van der Waals surface area (Å²) in [7, 11) is 0. The van der Waals surface area contributed by atoms with E-state index in [9.17, 15) is 9.90 Å². The lowest BCUT2D eigenvalue weighted by atomic mass is 9.88. The van der Waals surface area contributed by atoms with Gasteiger partial charge in [-0.25, -0.2) is 0 Å². The molecule has 0 aromatic heterocycles. The highest BCUT2D eigenvalue weighted by Gasteiger charge is 2.28. The van der Waals surface area contributed by atoms with Crippen LogP contribution in [-0.4, -0.2) is 42.5 Å². The largest absolute Gasteiger partial charge is 0.490 e. The van der Waals surface area contributed by atoms with E-state index in [0.717, 1.165) is 29.3 Å². The van der Waals surface area contributed by atoms with Crippen LogP contribution in [0.1, 0.15) is 50.3 Å². The molecular weight excluding hydrogens is 482 g/mol. The van der Waals surface area contributed by atoms with E-state index in [0.29, 0.717) is 37.7 Å². The Labute approximate surface area is 206 Å². The van der Waals surface area contributed by atoms with Crippen molar-refractivity contribution in [2.24, 2.45) is 5.92 Å². The van der Waals surface area contributed by atoms with Gasteiger partial charge in [0.25, 0.3) is 0 Å². The first-order chi connectivity index (χ1) is 15.8. The highest BCUT2D eigenvalue weighted by molar-refractivity contribution is 9.10. The number of halogens is 1. The maximum absolute atomic E-state index is 11.5. The van der Waals surface area contributed by atoms with Gasteiger partial charge >= 0.3 is 5.97 Å². The van der Waals surface area contributed by atoms with E-state index in [1.54, 1.807) is 6.92 Å². The Morgan fingerprint density at radius 3 is 2.55 bits per heavy atom. The number of hydrogen-bond acceptors (Lipinski definition) is 5. The van der Waals surface area contributed by atoms with Gasteiger partial charge in [-0.3, -0.25) is 4.79 Å². The Hall–Kier alpha value is -1.89. The number of benzene rings is 2. The van der Waals surface area contributed by atoms with E-state index in [-0.39, 0.29) is 18.1 Å². The van der Waals surface area contributed by atoms with Crippen molar-refractivity contribution in [2.45, 2.75) is 64.5 Å². The minimum absolute atomic E-state index is 0.0607. The second-order valence-electron chi connectivity index (χ2n) is 9.55. The topological polar surface area (TPSA) is 67.8 Å². The molecule has 0 amide bonds. The number of nitrogens with one attached hydrogen (secondary N) is 1. The predicted octanol–water partition coefficient (Wildman–Crippen LogP) is 4.86. The molecular formula is C27H36BrNO4. The first kappa shape index (κ1) is 25.7. The van der Waals surface area contributed by atoms with Crippen LogP contribution in [0.5, 0.6) is 5.75 Å². The van der Waals surface area contributed by atoms with Gasteiger partial charge in [0.05, 0.1) is 11.1 Å². The average Bonchev–Trinajstić information content (AvgIpc) is 3.17. The van der Waals surface area contributed by atoms with Crippen molar-refractivity contribution in [1.29, 1.82) is 0 Å². The van der Waals surface area contributed by atoms with Gasteiger partial charge in [-0.2, -0.15) is 0 Å². The van der Waals surface area contributed by atoms with Crippen LogP contribution in [0.3, 0.4) is 0 Å². The normalized spacial score (nSPS) is 14.7. The number of aliphatic hydroxyl groups is 1. The van der Waals surface area contributed by atoms with Gasteiger partial charge in [0.1, 0.15) is 18.5 Å².